The number of hydrogen-bond donors (Lipinski definition) is 1. The van der Waals surface area contributed by atoms with Crippen molar-refractivity contribution in [3.8, 4) is 0 Å². The van der Waals surface area contributed by atoms with Gasteiger partial charge in [0.2, 0.25) is 0 Å². The molecule has 90 valence electrons. The van der Waals surface area contributed by atoms with Crippen LogP contribution in [0.3, 0.4) is 0 Å². The van der Waals surface area contributed by atoms with Crippen molar-refractivity contribution in [2.45, 2.75) is 38.7 Å². The van der Waals surface area contributed by atoms with E-state index in [1.807, 2.05) is 0 Å². The summed E-state index contributed by atoms with van der Waals surface area (Å²) in [6.07, 6.45) is 3.48. The highest BCUT2D eigenvalue weighted by molar-refractivity contribution is 4.69. The van der Waals surface area contributed by atoms with Gasteiger partial charge < -0.3 is 14.8 Å². The summed E-state index contributed by atoms with van der Waals surface area (Å²) in [5.74, 6) is 0.761. The van der Waals surface area contributed by atoms with Gasteiger partial charge >= 0.3 is 0 Å². The molecule has 0 saturated carbocycles. The Hall–Kier alpha value is -0.120. The van der Waals surface area contributed by atoms with E-state index >= 15 is 0 Å². The Morgan fingerprint density at radius 3 is 2.53 bits per heavy atom. The van der Waals surface area contributed by atoms with Gasteiger partial charge in [0.1, 0.15) is 0 Å². The molecule has 0 aromatic rings. The van der Waals surface area contributed by atoms with Crippen molar-refractivity contribution < 1.29 is 9.47 Å². The van der Waals surface area contributed by atoms with Crippen molar-refractivity contribution >= 4 is 0 Å². The number of piperidine rings is 1. The highest BCUT2D eigenvalue weighted by Crippen LogP contribution is 2.15. The second kappa shape index (κ2) is 6.46. The monoisotopic (exact) mass is 215 g/mol. The van der Waals surface area contributed by atoms with Crippen LogP contribution in [0, 0.1) is 5.92 Å². The summed E-state index contributed by atoms with van der Waals surface area (Å²) >= 11 is 0. The van der Waals surface area contributed by atoms with E-state index < -0.39 is 0 Å². The van der Waals surface area contributed by atoms with E-state index in [1.165, 1.54) is 12.8 Å². The van der Waals surface area contributed by atoms with E-state index in [9.17, 15) is 0 Å². The molecule has 3 heteroatoms. The Morgan fingerprint density at radius 2 is 1.93 bits per heavy atom. The van der Waals surface area contributed by atoms with Crippen molar-refractivity contribution in [2.24, 2.45) is 5.92 Å². The van der Waals surface area contributed by atoms with E-state index in [4.69, 9.17) is 9.47 Å². The first-order valence-corrected chi connectivity index (χ1v) is 5.98. The van der Waals surface area contributed by atoms with E-state index in [1.54, 1.807) is 7.11 Å². The highest BCUT2D eigenvalue weighted by Gasteiger charge is 2.17. The molecule has 0 amide bonds. The first-order valence-electron chi connectivity index (χ1n) is 5.98. The van der Waals surface area contributed by atoms with Gasteiger partial charge in [-0.15, -0.1) is 0 Å². The zero-order valence-corrected chi connectivity index (χ0v) is 10.3. The van der Waals surface area contributed by atoms with Gasteiger partial charge in [0.05, 0.1) is 5.60 Å². The lowest BCUT2D eigenvalue weighted by molar-refractivity contribution is -0.0156. The molecule has 0 aliphatic carbocycles. The van der Waals surface area contributed by atoms with Gasteiger partial charge in [0.15, 0.2) is 0 Å². The molecule has 1 N–H and O–H groups in total. The van der Waals surface area contributed by atoms with Crippen LogP contribution >= 0.6 is 0 Å². The van der Waals surface area contributed by atoms with Crippen LogP contribution in [-0.4, -0.2) is 39.0 Å². The van der Waals surface area contributed by atoms with Crippen LogP contribution in [0.25, 0.3) is 0 Å². The van der Waals surface area contributed by atoms with Crippen LogP contribution in [0.4, 0.5) is 0 Å². The summed E-state index contributed by atoms with van der Waals surface area (Å²) in [5, 5.41) is 3.36. The van der Waals surface area contributed by atoms with E-state index in [-0.39, 0.29) is 5.60 Å². The molecule has 1 rings (SSSR count). The van der Waals surface area contributed by atoms with Crippen LogP contribution < -0.4 is 5.32 Å². The zero-order valence-electron chi connectivity index (χ0n) is 10.3. The molecular weight excluding hydrogens is 190 g/mol. The molecular formula is C12H25NO2. The molecule has 0 unspecified atom stereocenters. The summed E-state index contributed by atoms with van der Waals surface area (Å²) in [7, 11) is 1.76. The maximum absolute atomic E-state index is 5.70. The minimum absolute atomic E-state index is 0.0475. The topological polar surface area (TPSA) is 30.5 Å². The lowest BCUT2D eigenvalue weighted by Crippen LogP contribution is -2.30. The third-order valence-corrected chi connectivity index (χ3v) is 3.21. The predicted molar refractivity (Wildman–Crippen MR) is 62.1 cm³/mol. The van der Waals surface area contributed by atoms with Crippen LogP contribution in [-0.2, 0) is 9.47 Å². The fourth-order valence-electron chi connectivity index (χ4n) is 1.72. The Kier molecular flexibility index (Phi) is 5.58. The van der Waals surface area contributed by atoms with Gasteiger partial charge in [0.25, 0.3) is 0 Å². The predicted octanol–water partition coefficient (Wildman–Crippen LogP) is 1.82. The third kappa shape index (κ3) is 5.50. The Labute approximate surface area is 93.5 Å². The molecule has 3 nitrogen and oxygen atoms in total. The zero-order chi connectivity index (χ0) is 11.1. The smallest absolute Gasteiger partial charge is 0.0644 e. The van der Waals surface area contributed by atoms with Gasteiger partial charge in [-0.1, -0.05) is 0 Å². The van der Waals surface area contributed by atoms with E-state index in [0.717, 1.165) is 38.6 Å². The second-order valence-corrected chi connectivity index (χ2v) is 4.98. The molecule has 0 radical (unpaired) electrons. The molecule has 15 heavy (non-hydrogen) atoms. The van der Waals surface area contributed by atoms with E-state index in [2.05, 4.69) is 19.2 Å². The van der Waals surface area contributed by atoms with Crippen molar-refractivity contribution in [1.82, 2.24) is 5.32 Å². The SMILES string of the molecule is COC(C)(C)CCOCC1CCNCC1. The van der Waals surface area contributed by atoms with Gasteiger partial charge in [-0.25, -0.2) is 0 Å². The summed E-state index contributed by atoms with van der Waals surface area (Å²) in [4.78, 5) is 0. The van der Waals surface area contributed by atoms with E-state index in [0.29, 0.717) is 0 Å². The summed E-state index contributed by atoms with van der Waals surface area (Å²) < 4.78 is 11.0. The molecule has 1 heterocycles. The minimum Gasteiger partial charge on any atom is -0.381 e. The molecule has 0 bridgehead atoms. The molecule has 1 aliphatic rings. The minimum atomic E-state index is -0.0475. The largest absolute Gasteiger partial charge is 0.381 e. The fourth-order valence-corrected chi connectivity index (χ4v) is 1.72. The van der Waals surface area contributed by atoms with Gasteiger partial charge in [-0.3, -0.25) is 0 Å². The third-order valence-electron chi connectivity index (χ3n) is 3.21. The first kappa shape index (κ1) is 12.9. The van der Waals surface area contributed by atoms with Gasteiger partial charge in [-0.2, -0.15) is 0 Å². The second-order valence-electron chi connectivity index (χ2n) is 4.98. The number of hydrogen-bond acceptors (Lipinski definition) is 3. The van der Waals surface area contributed by atoms with Crippen LogP contribution in [0.1, 0.15) is 33.1 Å². The van der Waals surface area contributed by atoms with Gasteiger partial charge in [-0.05, 0) is 52.1 Å². The lowest BCUT2D eigenvalue weighted by atomic mass is 9.99. The standard InChI is InChI=1S/C12H25NO2/c1-12(2,14-3)6-9-15-10-11-4-7-13-8-5-11/h11,13H,4-10H2,1-3H3. The fraction of sp³-hybridized carbons (Fsp3) is 1.00. The maximum atomic E-state index is 5.70. The van der Waals surface area contributed by atoms with Crippen LogP contribution in [0.2, 0.25) is 0 Å². The number of rotatable bonds is 6. The number of ether oxygens (including phenoxy) is 2. The molecule has 0 atom stereocenters. The molecule has 1 fully saturated rings. The van der Waals surface area contributed by atoms with Gasteiger partial charge in [0, 0.05) is 20.3 Å². The molecule has 1 aliphatic heterocycles. The van der Waals surface area contributed by atoms with Crippen molar-refractivity contribution in [2.75, 3.05) is 33.4 Å². The Morgan fingerprint density at radius 1 is 1.27 bits per heavy atom. The molecule has 0 aromatic heterocycles. The number of methoxy groups -OCH3 is 1. The van der Waals surface area contributed by atoms with Crippen LogP contribution in [0.15, 0.2) is 0 Å². The average Bonchev–Trinajstić information content (AvgIpc) is 2.26. The van der Waals surface area contributed by atoms with Crippen molar-refractivity contribution in [1.29, 1.82) is 0 Å². The van der Waals surface area contributed by atoms with Crippen LogP contribution in [0.5, 0.6) is 0 Å². The van der Waals surface area contributed by atoms with Crippen molar-refractivity contribution in [3.63, 3.8) is 0 Å². The summed E-state index contributed by atoms with van der Waals surface area (Å²) in [5.41, 5.74) is -0.0475. The Bertz CT molecular complexity index is 165. The molecule has 0 spiro atoms. The normalized spacial score (nSPS) is 19.4. The van der Waals surface area contributed by atoms with Crippen molar-refractivity contribution in [3.05, 3.63) is 0 Å². The average molecular weight is 215 g/mol. The highest BCUT2D eigenvalue weighted by atomic mass is 16.5. The molecule has 0 aromatic carbocycles. The Balaban J connectivity index is 2.00. The quantitative estimate of drug-likeness (QED) is 0.686. The lowest BCUT2D eigenvalue weighted by Gasteiger charge is -2.25. The summed E-state index contributed by atoms with van der Waals surface area (Å²) in [6.45, 7) is 8.23. The maximum Gasteiger partial charge on any atom is 0.0644 e. The molecule has 1 saturated heterocycles. The first-order chi connectivity index (χ1) is 7.14. The number of nitrogens with one attached hydrogen (secondary N) is 1. The summed E-state index contributed by atoms with van der Waals surface area (Å²) in [6, 6.07) is 0.